The first kappa shape index (κ1) is 19.6. The van der Waals surface area contributed by atoms with E-state index >= 15 is 0 Å². The number of methoxy groups -OCH3 is 1. The Kier molecular flexibility index (Phi) is 6.22. The zero-order valence-corrected chi connectivity index (χ0v) is 17.3. The average Bonchev–Trinajstić information content (AvgIpc) is 3.33. The van der Waals surface area contributed by atoms with Crippen molar-refractivity contribution in [2.75, 3.05) is 25.1 Å². The van der Waals surface area contributed by atoms with E-state index < -0.39 is 0 Å². The number of nitrogens with one attached hydrogen (secondary N) is 1. The van der Waals surface area contributed by atoms with Crippen LogP contribution >= 0.6 is 11.3 Å². The maximum Gasteiger partial charge on any atom is 0.251 e. The zero-order valence-electron chi connectivity index (χ0n) is 16.5. The van der Waals surface area contributed by atoms with Gasteiger partial charge in [-0.3, -0.25) is 9.78 Å². The lowest BCUT2D eigenvalue weighted by atomic mass is 10.1. The largest absolute Gasteiger partial charge is 0.381 e. The molecule has 0 bridgehead atoms. The van der Waals surface area contributed by atoms with Gasteiger partial charge in [0.2, 0.25) is 0 Å². The molecule has 3 heterocycles. The maximum absolute atomic E-state index is 12.5. The average molecular weight is 408 g/mol. The molecule has 150 valence electrons. The van der Waals surface area contributed by atoms with Crippen LogP contribution in [-0.4, -0.2) is 37.2 Å². The summed E-state index contributed by atoms with van der Waals surface area (Å²) >= 11 is 1.66. The van der Waals surface area contributed by atoms with E-state index in [-0.39, 0.29) is 5.91 Å². The number of amides is 1. The maximum atomic E-state index is 12.5. The molecular weight excluding hydrogens is 382 g/mol. The van der Waals surface area contributed by atoms with Gasteiger partial charge in [-0.2, -0.15) is 11.3 Å². The highest BCUT2D eigenvalue weighted by atomic mass is 32.1. The van der Waals surface area contributed by atoms with Gasteiger partial charge in [0.15, 0.2) is 0 Å². The van der Waals surface area contributed by atoms with Gasteiger partial charge in [0.25, 0.3) is 5.91 Å². The highest BCUT2D eigenvalue weighted by molar-refractivity contribution is 7.08. The number of anilines is 1. The molecule has 0 saturated carbocycles. The Morgan fingerprint density at radius 3 is 2.66 bits per heavy atom. The summed E-state index contributed by atoms with van der Waals surface area (Å²) in [5, 5.41) is 7.14. The predicted molar refractivity (Wildman–Crippen MR) is 117 cm³/mol. The zero-order chi connectivity index (χ0) is 20.1. The van der Waals surface area contributed by atoms with Crippen LogP contribution in [0.4, 0.5) is 5.69 Å². The van der Waals surface area contributed by atoms with Crippen LogP contribution in [0.2, 0.25) is 0 Å². The molecule has 1 aromatic carbocycles. The SMILES string of the molecule is COC1CCN(c2ccc(C(=O)NCc3cncc(-c4ccsc4)c3)cc2)CC1. The fourth-order valence-corrected chi connectivity index (χ4v) is 4.29. The number of hydrogen-bond donors (Lipinski definition) is 1. The number of aromatic nitrogens is 1. The summed E-state index contributed by atoms with van der Waals surface area (Å²) in [6, 6.07) is 12.0. The van der Waals surface area contributed by atoms with E-state index in [1.54, 1.807) is 24.6 Å². The van der Waals surface area contributed by atoms with Crippen LogP contribution in [-0.2, 0) is 11.3 Å². The van der Waals surface area contributed by atoms with Crippen molar-refractivity contribution in [1.82, 2.24) is 10.3 Å². The molecule has 3 aromatic rings. The smallest absolute Gasteiger partial charge is 0.251 e. The first-order valence-corrected chi connectivity index (χ1v) is 10.8. The number of nitrogens with zero attached hydrogens (tertiary/aromatic N) is 2. The lowest BCUT2D eigenvalue weighted by Crippen LogP contribution is -2.36. The van der Waals surface area contributed by atoms with Crippen molar-refractivity contribution >= 4 is 22.9 Å². The van der Waals surface area contributed by atoms with E-state index in [0.717, 1.165) is 48.3 Å². The van der Waals surface area contributed by atoms with Crippen LogP contribution in [0.3, 0.4) is 0 Å². The number of benzene rings is 1. The topological polar surface area (TPSA) is 54.5 Å². The van der Waals surface area contributed by atoms with Gasteiger partial charge in [-0.15, -0.1) is 0 Å². The molecule has 0 atom stereocenters. The molecule has 4 rings (SSSR count). The molecule has 1 aliphatic rings. The van der Waals surface area contributed by atoms with Gasteiger partial charge in [0, 0.05) is 56.0 Å². The normalized spacial score (nSPS) is 14.7. The van der Waals surface area contributed by atoms with Crippen molar-refractivity contribution in [2.24, 2.45) is 0 Å². The Morgan fingerprint density at radius 2 is 1.97 bits per heavy atom. The molecule has 1 aliphatic heterocycles. The molecule has 0 radical (unpaired) electrons. The summed E-state index contributed by atoms with van der Waals surface area (Å²) in [4.78, 5) is 19.2. The molecule has 1 saturated heterocycles. The number of pyridine rings is 1. The van der Waals surface area contributed by atoms with Crippen LogP contribution < -0.4 is 10.2 Å². The highest BCUT2D eigenvalue weighted by Gasteiger charge is 2.19. The van der Waals surface area contributed by atoms with Crippen LogP contribution in [0.25, 0.3) is 11.1 Å². The minimum Gasteiger partial charge on any atom is -0.381 e. The minimum atomic E-state index is -0.0735. The molecular formula is C23H25N3O2S. The fraction of sp³-hybridized carbons (Fsp3) is 0.304. The molecule has 5 nitrogen and oxygen atoms in total. The summed E-state index contributed by atoms with van der Waals surface area (Å²) in [7, 11) is 1.78. The Balaban J connectivity index is 1.34. The third-order valence-electron chi connectivity index (χ3n) is 5.37. The molecule has 0 unspecified atom stereocenters. The lowest BCUT2D eigenvalue weighted by molar-refractivity contribution is 0.0819. The molecule has 0 spiro atoms. The molecule has 1 fully saturated rings. The van der Waals surface area contributed by atoms with E-state index in [0.29, 0.717) is 18.2 Å². The van der Waals surface area contributed by atoms with Gasteiger partial charge in [-0.1, -0.05) is 0 Å². The van der Waals surface area contributed by atoms with Crippen LogP contribution in [0.5, 0.6) is 0 Å². The second kappa shape index (κ2) is 9.20. The minimum absolute atomic E-state index is 0.0735. The molecule has 2 aromatic heterocycles. The fourth-order valence-electron chi connectivity index (χ4n) is 3.63. The van der Waals surface area contributed by atoms with E-state index in [1.165, 1.54) is 0 Å². The first-order valence-electron chi connectivity index (χ1n) is 9.85. The Morgan fingerprint density at radius 1 is 1.17 bits per heavy atom. The molecule has 0 aliphatic carbocycles. The van der Waals surface area contributed by atoms with Crippen molar-refractivity contribution in [1.29, 1.82) is 0 Å². The van der Waals surface area contributed by atoms with Gasteiger partial charge in [-0.25, -0.2) is 0 Å². The number of carbonyl (C=O) groups is 1. The van der Waals surface area contributed by atoms with Crippen molar-refractivity contribution in [3.63, 3.8) is 0 Å². The Labute approximate surface area is 175 Å². The quantitative estimate of drug-likeness (QED) is 0.660. The summed E-state index contributed by atoms with van der Waals surface area (Å²) < 4.78 is 5.43. The highest BCUT2D eigenvalue weighted by Crippen LogP contribution is 2.23. The monoisotopic (exact) mass is 407 g/mol. The summed E-state index contributed by atoms with van der Waals surface area (Å²) in [6.07, 6.45) is 6.09. The summed E-state index contributed by atoms with van der Waals surface area (Å²) in [6.45, 7) is 2.42. The Bertz CT molecular complexity index is 933. The van der Waals surface area contributed by atoms with Crippen LogP contribution in [0.1, 0.15) is 28.8 Å². The van der Waals surface area contributed by atoms with E-state index in [4.69, 9.17) is 4.74 Å². The number of piperidine rings is 1. The van der Waals surface area contributed by atoms with E-state index in [2.05, 4.69) is 32.7 Å². The predicted octanol–water partition coefficient (Wildman–Crippen LogP) is 4.36. The molecule has 6 heteroatoms. The van der Waals surface area contributed by atoms with Crippen LogP contribution in [0, 0.1) is 0 Å². The van der Waals surface area contributed by atoms with E-state index in [1.807, 2.05) is 35.8 Å². The molecule has 1 N–H and O–H groups in total. The summed E-state index contributed by atoms with van der Waals surface area (Å²) in [5.41, 5.74) is 5.03. The number of carbonyl (C=O) groups excluding carboxylic acids is 1. The second-order valence-electron chi connectivity index (χ2n) is 7.25. The second-order valence-corrected chi connectivity index (χ2v) is 8.03. The van der Waals surface area contributed by atoms with E-state index in [9.17, 15) is 4.79 Å². The van der Waals surface area contributed by atoms with Gasteiger partial charge in [-0.05, 0) is 71.1 Å². The first-order chi connectivity index (χ1) is 14.2. The Hall–Kier alpha value is -2.70. The third-order valence-corrected chi connectivity index (χ3v) is 6.06. The molecule has 29 heavy (non-hydrogen) atoms. The van der Waals surface area contributed by atoms with Gasteiger partial charge >= 0.3 is 0 Å². The van der Waals surface area contributed by atoms with Gasteiger partial charge in [0.1, 0.15) is 0 Å². The van der Waals surface area contributed by atoms with Gasteiger partial charge in [0.05, 0.1) is 6.10 Å². The third kappa shape index (κ3) is 4.83. The van der Waals surface area contributed by atoms with Crippen molar-refractivity contribution < 1.29 is 9.53 Å². The summed E-state index contributed by atoms with van der Waals surface area (Å²) in [5.74, 6) is -0.0735. The van der Waals surface area contributed by atoms with Crippen molar-refractivity contribution in [3.8, 4) is 11.1 Å². The number of hydrogen-bond acceptors (Lipinski definition) is 5. The standard InChI is InChI=1S/C23H25N3O2S/c1-28-22-6-9-26(10-7-22)21-4-2-18(3-5-21)23(27)25-14-17-12-20(15-24-13-17)19-8-11-29-16-19/h2-5,8,11-13,15-16,22H,6-7,9-10,14H2,1H3,(H,25,27). The lowest BCUT2D eigenvalue weighted by Gasteiger charge is -2.33. The van der Waals surface area contributed by atoms with Gasteiger partial charge < -0.3 is 15.0 Å². The molecule has 1 amide bonds. The van der Waals surface area contributed by atoms with Crippen LogP contribution in [0.15, 0.2) is 59.6 Å². The number of ether oxygens (including phenoxy) is 1. The van der Waals surface area contributed by atoms with Crippen molar-refractivity contribution in [2.45, 2.75) is 25.5 Å². The van der Waals surface area contributed by atoms with Crippen molar-refractivity contribution in [3.05, 3.63) is 70.7 Å². The number of rotatable bonds is 6. The number of thiophene rings is 1.